The number of carboxylic acid groups (broad SMARTS) is 1. The number of rotatable bonds is 9. The van der Waals surface area contributed by atoms with Gasteiger partial charge in [-0.1, -0.05) is 79.9 Å². The van der Waals surface area contributed by atoms with Crippen LogP contribution in [-0.4, -0.2) is 57.3 Å². The van der Waals surface area contributed by atoms with E-state index in [4.69, 9.17) is 9.72 Å². The van der Waals surface area contributed by atoms with E-state index in [1.807, 2.05) is 50.3 Å². The van der Waals surface area contributed by atoms with E-state index in [1.54, 1.807) is 0 Å². The number of carbonyl (C=O) groups is 2. The first-order chi connectivity index (χ1) is 20.7. The van der Waals surface area contributed by atoms with Gasteiger partial charge in [-0.05, 0) is 70.0 Å². The lowest BCUT2D eigenvalue weighted by atomic mass is 9.67. The van der Waals surface area contributed by atoms with Crippen molar-refractivity contribution in [2.45, 2.75) is 95.4 Å². The number of piperidine rings is 1. The zero-order chi connectivity index (χ0) is 30.5. The molecule has 8 heteroatoms. The lowest BCUT2D eigenvalue weighted by molar-refractivity contribution is -0.312. The fourth-order valence-electron chi connectivity index (χ4n) is 7.15. The number of hydrogen-bond donors (Lipinski definition) is 1. The second-order valence-corrected chi connectivity index (χ2v) is 13.1. The summed E-state index contributed by atoms with van der Waals surface area (Å²) in [6.07, 6.45) is 11.1. The highest BCUT2D eigenvalue weighted by Gasteiger charge is 2.44. The van der Waals surface area contributed by atoms with E-state index in [2.05, 4.69) is 58.4 Å². The Labute approximate surface area is 255 Å². The Morgan fingerprint density at radius 1 is 0.953 bits per heavy atom. The first kappa shape index (κ1) is 30.8. The van der Waals surface area contributed by atoms with Gasteiger partial charge in [-0.2, -0.15) is 0 Å². The molecule has 3 aromatic rings. The molecule has 5 rings (SSSR count). The van der Waals surface area contributed by atoms with Crippen LogP contribution in [0, 0.1) is 5.92 Å². The van der Waals surface area contributed by atoms with Crippen LogP contribution in [0.15, 0.2) is 73.2 Å². The van der Waals surface area contributed by atoms with Crippen LogP contribution in [-0.2, 0) is 21.5 Å². The summed E-state index contributed by atoms with van der Waals surface area (Å²) in [7, 11) is 0. The van der Waals surface area contributed by atoms with Gasteiger partial charge in [-0.3, -0.25) is 4.90 Å². The Hall–Kier alpha value is -3.65. The number of hydrogen-bond acceptors (Lipinski definition) is 6. The molecule has 8 nitrogen and oxygen atoms in total. The van der Waals surface area contributed by atoms with Crippen molar-refractivity contribution in [1.29, 1.82) is 0 Å². The average Bonchev–Trinajstić information content (AvgIpc) is 3.46. The lowest BCUT2D eigenvalue weighted by Gasteiger charge is -2.45. The van der Waals surface area contributed by atoms with Gasteiger partial charge in [-0.15, -0.1) is 0 Å². The molecular formula is C35H45N4O4-. The molecule has 2 heterocycles. The Bertz CT molecular complexity index is 1310. The highest BCUT2D eigenvalue weighted by molar-refractivity contribution is 5.72. The minimum Gasteiger partial charge on any atom is -0.548 e. The Morgan fingerprint density at radius 2 is 1.58 bits per heavy atom. The zero-order valence-electron chi connectivity index (χ0n) is 25.7. The van der Waals surface area contributed by atoms with Crippen LogP contribution in [0.5, 0.6) is 0 Å². The lowest BCUT2D eigenvalue weighted by Crippen LogP contribution is -2.56. The van der Waals surface area contributed by atoms with Crippen molar-refractivity contribution < 1.29 is 19.4 Å². The Morgan fingerprint density at radius 3 is 2.16 bits per heavy atom. The zero-order valence-corrected chi connectivity index (χ0v) is 25.7. The monoisotopic (exact) mass is 585 g/mol. The maximum Gasteiger partial charge on any atom is 0.407 e. The molecule has 0 radical (unpaired) electrons. The van der Waals surface area contributed by atoms with Crippen LogP contribution >= 0.6 is 0 Å². The van der Waals surface area contributed by atoms with Gasteiger partial charge in [0.05, 0.1) is 29.6 Å². The number of nitrogens with one attached hydrogen (secondary N) is 1. The van der Waals surface area contributed by atoms with Crippen LogP contribution in [0.25, 0.3) is 0 Å². The van der Waals surface area contributed by atoms with E-state index in [0.717, 1.165) is 25.7 Å². The third-order valence-corrected chi connectivity index (χ3v) is 8.96. The number of carbonyl (C=O) groups excluding carboxylic acids is 2. The van der Waals surface area contributed by atoms with Crippen LogP contribution < -0.4 is 10.4 Å². The van der Waals surface area contributed by atoms with Crippen molar-refractivity contribution in [3.63, 3.8) is 0 Å². The molecule has 230 valence electrons. The summed E-state index contributed by atoms with van der Waals surface area (Å²) in [6.45, 7) is 6.50. The van der Waals surface area contributed by atoms with E-state index in [9.17, 15) is 14.7 Å². The first-order valence-electron chi connectivity index (χ1n) is 15.8. The Balaban J connectivity index is 1.43. The van der Waals surface area contributed by atoms with E-state index in [-0.39, 0.29) is 12.5 Å². The van der Waals surface area contributed by atoms with E-state index in [0.29, 0.717) is 24.7 Å². The highest BCUT2D eigenvalue weighted by atomic mass is 16.6. The van der Waals surface area contributed by atoms with E-state index in [1.165, 1.54) is 30.4 Å². The van der Waals surface area contributed by atoms with Gasteiger partial charge in [0.15, 0.2) is 0 Å². The minimum absolute atomic E-state index is 0.196. The summed E-state index contributed by atoms with van der Waals surface area (Å²) in [4.78, 5) is 31.6. The average molecular weight is 586 g/mol. The smallest absolute Gasteiger partial charge is 0.407 e. The summed E-state index contributed by atoms with van der Waals surface area (Å²) >= 11 is 0. The third kappa shape index (κ3) is 7.12. The molecule has 0 spiro atoms. The molecule has 2 fully saturated rings. The van der Waals surface area contributed by atoms with Gasteiger partial charge < -0.3 is 24.5 Å². The molecule has 1 saturated heterocycles. The third-order valence-electron chi connectivity index (χ3n) is 8.96. The van der Waals surface area contributed by atoms with Crippen LogP contribution in [0.1, 0.15) is 82.5 Å². The molecule has 2 aliphatic rings. The molecule has 2 aromatic carbocycles. The molecule has 0 unspecified atom stereocenters. The van der Waals surface area contributed by atoms with Gasteiger partial charge in [0.25, 0.3) is 0 Å². The molecule has 1 aliphatic carbocycles. The maximum atomic E-state index is 12.5. The van der Waals surface area contributed by atoms with Gasteiger partial charge in [0.1, 0.15) is 5.60 Å². The number of aliphatic carboxylic acids is 1. The number of alkyl carbamates (subject to hydrolysis) is 1. The standard InChI is InChI=1S/C35H46N4O4/c1-34(2,3)43-33(42)37-29-20-13-21-38(23-29)31(32(40)41)22-30-24-39(25-36-30)35(26-14-7-4-8-15-26,27-16-9-5-10-17-27)28-18-11-6-12-19-28/h4-5,7-10,14-17,24-25,28-29,31H,6,11-13,18-23H2,1-3H3,(H,37,42)(H,40,41)/p-1/t29-,31-/m0/s1. The van der Waals surface area contributed by atoms with Gasteiger partial charge >= 0.3 is 6.09 Å². The largest absolute Gasteiger partial charge is 0.548 e. The predicted molar refractivity (Wildman–Crippen MR) is 164 cm³/mol. The molecular weight excluding hydrogens is 540 g/mol. The SMILES string of the molecule is CC(C)(C)OC(=O)N[C@H]1CCCN([C@@H](Cc2cn(C(c3ccccc3)(c3ccccc3)C3CCCCC3)cn2)C(=O)[O-])C1. The Kier molecular flexibility index (Phi) is 9.55. The van der Waals surface area contributed by atoms with Crippen molar-refractivity contribution in [3.05, 3.63) is 90.0 Å². The number of carboxylic acids is 1. The number of ether oxygens (including phenoxy) is 1. The first-order valence-corrected chi connectivity index (χ1v) is 15.8. The highest BCUT2D eigenvalue weighted by Crippen LogP contribution is 2.47. The molecule has 1 amide bonds. The topological polar surface area (TPSA) is 99.5 Å². The van der Waals surface area contributed by atoms with E-state index >= 15 is 0 Å². The number of likely N-dealkylation sites (tertiary alicyclic amines) is 1. The summed E-state index contributed by atoms with van der Waals surface area (Å²) in [5, 5.41) is 15.4. The second kappa shape index (κ2) is 13.3. The second-order valence-electron chi connectivity index (χ2n) is 13.1. The van der Waals surface area contributed by atoms with Gasteiger partial charge in [0, 0.05) is 25.2 Å². The molecule has 1 N–H and O–H groups in total. The number of nitrogens with zero attached hydrogens (tertiary/aromatic N) is 3. The molecule has 2 atom stereocenters. The number of imidazole rings is 1. The van der Waals surface area contributed by atoms with Crippen molar-refractivity contribution in [1.82, 2.24) is 19.8 Å². The summed E-state index contributed by atoms with van der Waals surface area (Å²) in [5.41, 5.74) is 2.07. The fourth-order valence-corrected chi connectivity index (χ4v) is 7.15. The van der Waals surface area contributed by atoms with Gasteiger partial charge in [0.2, 0.25) is 0 Å². The van der Waals surface area contributed by atoms with Gasteiger partial charge in [-0.25, -0.2) is 9.78 Å². The van der Waals surface area contributed by atoms with Crippen LogP contribution in [0.4, 0.5) is 4.79 Å². The van der Waals surface area contributed by atoms with Crippen LogP contribution in [0.2, 0.25) is 0 Å². The normalized spacial score (nSPS) is 19.5. The fraction of sp³-hybridized carbons (Fsp3) is 0.514. The number of aromatic nitrogens is 2. The summed E-state index contributed by atoms with van der Waals surface area (Å²) in [6, 6.07) is 20.2. The molecule has 0 bridgehead atoms. The predicted octanol–water partition coefficient (Wildman–Crippen LogP) is 4.91. The van der Waals surface area contributed by atoms with Crippen molar-refractivity contribution in [2.75, 3.05) is 13.1 Å². The molecule has 1 aliphatic heterocycles. The maximum absolute atomic E-state index is 12.5. The van der Waals surface area contributed by atoms with Crippen molar-refractivity contribution in [3.8, 4) is 0 Å². The quantitative estimate of drug-likeness (QED) is 0.383. The molecule has 43 heavy (non-hydrogen) atoms. The number of benzene rings is 2. The van der Waals surface area contributed by atoms with Crippen molar-refractivity contribution >= 4 is 12.1 Å². The van der Waals surface area contributed by atoms with Crippen molar-refractivity contribution in [2.24, 2.45) is 5.92 Å². The summed E-state index contributed by atoms with van der Waals surface area (Å²) < 4.78 is 7.66. The summed E-state index contributed by atoms with van der Waals surface area (Å²) in [5.74, 6) is -0.760. The molecule has 1 saturated carbocycles. The molecule has 1 aromatic heterocycles. The number of amides is 1. The minimum atomic E-state index is -1.13. The van der Waals surface area contributed by atoms with E-state index < -0.39 is 29.2 Å². The van der Waals surface area contributed by atoms with Crippen LogP contribution in [0.3, 0.4) is 0 Å².